The molecule has 2 rings (SSSR count). The summed E-state index contributed by atoms with van der Waals surface area (Å²) >= 11 is 11.4. The Bertz CT molecular complexity index is 665. The molecule has 0 saturated heterocycles. The van der Waals surface area contributed by atoms with E-state index in [4.69, 9.17) is 23.2 Å². The van der Waals surface area contributed by atoms with E-state index < -0.39 is 5.56 Å². The van der Waals surface area contributed by atoms with E-state index in [2.05, 4.69) is 5.10 Å². The molecule has 98 valence electrons. The van der Waals surface area contributed by atoms with Crippen molar-refractivity contribution in [3.8, 4) is 0 Å². The molecule has 0 spiro atoms. The number of aromatic nitrogens is 2. The lowest BCUT2D eigenvalue weighted by atomic mass is 10.2. The fourth-order valence-electron chi connectivity index (χ4n) is 1.44. The van der Waals surface area contributed by atoms with Crippen molar-refractivity contribution in [2.24, 2.45) is 0 Å². The first-order chi connectivity index (χ1) is 9.08. The van der Waals surface area contributed by atoms with Crippen LogP contribution in [0.25, 0.3) is 6.08 Å². The van der Waals surface area contributed by atoms with Crippen LogP contribution in [0, 0.1) is 5.82 Å². The first kappa shape index (κ1) is 13.8. The monoisotopic (exact) mass is 298 g/mol. The van der Waals surface area contributed by atoms with Gasteiger partial charge in [-0.1, -0.05) is 47.5 Å². The summed E-state index contributed by atoms with van der Waals surface area (Å²) in [6.45, 7) is 0.257. The number of nitrogens with zero attached hydrogens (tertiary/aromatic N) is 2. The molecule has 0 bridgehead atoms. The molecule has 1 aromatic heterocycles. The van der Waals surface area contributed by atoms with Gasteiger partial charge in [-0.15, -0.1) is 0 Å². The second-order valence-electron chi connectivity index (χ2n) is 3.75. The number of hydrogen-bond donors (Lipinski definition) is 0. The molecule has 0 radical (unpaired) electrons. The van der Waals surface area contributed by atoms with Gasteiger partial charge in [0, 0.05) is 0 Å². The van der Waals surface area contributed by atoms with Crippen molar-refractivity contribution in [1.29, 1.82) is 0 Å². The van der Waals surface area contributed by atoms with Crippen molar-refractivity contribution < 1.29 is 4.39 Å². The first-order valence-corrected chi connectivity index (χ1v) is 6.17. The molecule has 0 saturated carbocycles. The maximum atomic E-state index is 12.7. The lowest BCUT2D eigenvalue weighted by molar-refractivity contribution is 0.627. The van der Waals surface area contributed by atoms with Gasteiger partial charge in [0.25, 0.3) is 5.56 Å². The SMILES string of the molecule is O=c1c(Cl)c(Cl)cnn1CC=Cc1ccc(F)cc1. The quantitative estimate of drug-likeness (QED) is 0.870. The molecule has 2 aromatic rings. The Morgan fingerprint density at radius 3 is 2.63 bits per heavy atom. The minimum absolute atomic E-state index is 0.0492. The van der Waals surface area contributed by atoms with Crippen molar-refractivity contribution in [1.82, 2.24) is 9.78 Å². The van der Waals surface area contributed by atoms with Gasteiger partial charge < -0.3 is 0 Å². The van der Waals surface area contributed by atoms with Crippen molar-refractivity contribution in [3.63, 3.8) is 0 Å². The predicted octanol–water partition coefficient (Wildman–Crippen LogP) is 3.40. The van der Waals surface area contributed by atoms with Crippen molar-refractivity contribution >= 4 is 29.3 Å². The van der Waals surface area contributed by atoms with Crippen LogP contribution in [-0.4, -0.2) is 9.78 Å². The molecule has 3 nitrogen and oxygen atoms in total. The molecular formula is C13H9Cl2FN2O. The van der Waals surface area contributed by atoms with Crippen LogP contribution in [0.2, 0.25) is 10.0 Å². The van der Waals surface area contributed by atoms with Crippen molar-refractivity contribution in [2.45, 2.75) is 6.54 Å². The predicted molar refractivity (Wildman–Crippen MR) is 74.0 cm³/mol. The number of halogens is 3. The number of allylic oxidation sites excluding steroid dienone is 1. The fourth-order valence-corrected chi connectivity index (χ4v) is 1.71. The van der Waals surface area contributed by atoms with Crippen molar-refractivity contribution in [3.05, 3.63) is 68.3 Å². The van der Waals surface area contributed by atoms with Gasteiger partial charge in [-0.2, -0.15) is 5.10 Å². The zero-order chi connectivity index (χ0) is 13.8. The molecule has 0 fully saturated rings. The average molecular weight is 299 g/mol. The van der Waals surface area contributed by atoms with E-state index in [0.717, 1.165) is 5.56 Å². The second kappa shape index (κ2) is 5.99. The largest absolute Gasteiger partial charge is 0.287 e. The Morgan fingerprint density at radius 2 is 1.95 bits per heavy atom. The molecule has 6 heteroatoms. The summed E-state index contributed by atoms with van der Waals surface area (Å²) in [5, 5.41) is 3.94. The third kappa shape index (κ3) is 3.43. The van der Waals surface area contributed by atoms with Crippen LogP contribution in [-0.2, 0) is 6.54 Å². The number of benzene rings is 1. The van der Waals surface area contributed by atoms with Crippen LogP contribution in [0.3, 0.4) is 0 Å². The Morgan fingerprint density at radius 1 is 1.26 bits per heavy atom. The molecule has 1 heterocycles. The summed E-state index contributed by atoms with van der Waals surface area (Å²) in [5.74, 6) is -0.292. The summed E-state index contributed by atoms with van der Waals surface area (Å²) in [5.41, 5.74) is 0.382. The zero-order valence-electron chi connectivity index (χ0n) is 9.69. The van der Waals surface area contributed by atoms with E-state index in [1.165, 1.54) is 23.0 Å². The first-order valence-electron chi connectivity index (χ1n) is 5.41. The molecule has 0 unspecified atom stereocenters. The highest BCUT2D eigenvalue weighted by Gasteiger charge is 2.05. The van der Waals surface area contributed by atoms with Gasteiger partial charge >= 0.3 is 0 Å². The van der Waals surface area contributed by atoms with Crippen LogP contribution in [0.1, 0.15) is 5.56 Å². The van der Waals surface area contributed by atoms with Gasteiger partial charge in [-0.25, -0.2) is 9.07 Å². The smallest absolute Gasteiger partial charge is 0.266 e. The molecular weight excluding hydrogens is 290 g/mol. The van der Waals surface area contributed by atoms with Gasteiger partial charge in [0.1, 0.15) is 10.8 Å². The fraction of sp³-hybridized carbons (Fsp3) is 0.0769. The zero-order valence-corrected chi connectivity index (χ0v) is 11.2. The van der Waals surface area contributed by atoms with Gasteiger partial charge in [-0.05, 0) is 17.7 Å². The molecule has 0 atom stereocenters. The van der Waals surface area contributed by atoms with Gasteiger partial charge in [0.15, 0.2) is 0 Å². The molecule has 0 N–H and O–H groups in total. The van der Waals surface area contributed by atoms with Gasteiger partial charge in [0.2, 0.25) is 0 Å². The Labute approximate surface area is 118 Å². The van der Waals surface area contributed by atoms with E-state index >= 15 is 0 Å². The Balaban J connectivity index is 2.13. The minimum Gasteiger partial charge on any atom is -0.266 e. The summed E-state index contributed by atoms with van der Waals surface area (Å²) in [7, 11) is 0. The highest BCUT2D eigenvalue weighted by Crippen LogP contribution is 2.14. The minimum atomic E-state index is -0.446. The normalized spacial score (nSPS) is 11.1. The van der Waals surface area contributed by atoms with Gasteiger partial charge in [0.05, 0.1) is 17.8 Å². The second-order valence-corrected chi connectivity index (χ2v) is 4.53. The third-order valence-electron chi connectivity index (χ3n) is 2.40. The third-order valence-corrected chi connectivity index (χ3v) is 3.15. The number of rotatable bonds is 3. The van der Waals surface area contributed by atoms with Crippen LogP contribution >= 0.6 is 23.2 Å². The summed E-state index contributed by atoms with van der Waals surface area (Å²) in [6, 6.07) is 6.00. The van der Waals surface area contributed by atoms with Crippen LogP contribution < -0.4 is 5.56 Å². The maximum absolute atomic E-state index is 12.7. The van der Waals surface area contributed by atoms with E-state index in [-0.39, 0.29) is 22.4 Å². The standard InChI is InChI=1S/C13H9Cl2FN2O/c14-11-8-17-18(13(19)12(11)15)7-1-2-9-3-5-10(16)6-4-9/h1-6,8H,7H2. The molecule has 0 amide bonds. The summed E-state index contributed by atoms with van der Waals surface area (Å²) in [4.78, 5) is 11.7. The van der Waals surface area contributed by atoms with Crippen LogP contribution in [0.4, 0.5) is 4.39 Å². The van der Waals surface area contributed by atoms with E-state index in [0.29, 0.717) is 0 Å². The highest BCUT2D eigenvalue weighted by molar-refractivity contribution is 6.41. The molecule has 0 aliphatic heterocycles. The van der Waals surface area contributed by atoms with Gasteiger partial charge in [-0.3, -0.25) is 4.79 Å². The van der Waals surface area contributed by atoms with Crippen LogP contribution in [0.15, 0.2) is 41.3 Å². The van der Waals surface area contributed by atoms with E-state index in [1.807, 2.05) is 0 Å². The number of hydrogen-bond acceptors (Lipinski definition) is 2. The maximum Gasteiger partial charge on any atom is 0.287 e. The summed E-state index contributed by atoms with van der Waals surface area (Å²) < 4.78 is 13.9. The van der Waals surface area contributed by atoms with Crippen molar-refractivity contribution in [2.75, 3.05) is 0 Å². The lowest BCUT2D eigenvalue weighted by Crippen LogP contribution is -2.22. The molecule has 19 heavy (non-hydrogen) atoms. The Hall–Kier alpha value is -1.65. The van der Waals surface area contributed by atoms with E-state index in [1.54, 1.807) is 24.3 Å². The molecule has 1 aromatic carbocycles. The average Bonchev–Trinajstić information content (AvgIpc) is 2.41. The summed E-state index contributed by atoms with van der Waals surface area (Å²) in [6.07, 6.45) is 4.80. The van der Waals surface area contributed by atoms with Crippen LogP contribution in [0.5, 0.6) is 0 Å². The molecule has 0 aliphatic carbocycles. The molecule has 0 aliphatic rings. The van der Waals surface area contributed by atoms with E-state index in [9.17, 15) is 9.18 Å². The highest BCUT2D eigenvalue weighted by atomic mass is 35.5. The lowest BCUT2D eigenvalue weighted by Gasteiger charge is -2.01. The topological polar surface area (TPSA) is 34.9 Å². The Kier molecular flexibility index (Phi) is 4.35.